The minimum atomic E-state index is 0. The van der Waals surface area contributed by atoms with Gasteiger partial charge < -0.3 is 4.28 Å². The normalized spacial score (nSPS) is 8.38. The molecular weight excluding hydrogens is 110 g/mol. The molecule has 0 bridgehead atoms. The van der Waals surface area contributed by atoms with Gasteiger partial charge in [-0.05, 0) is 0 Å². The fraction of sp³-hybridized carbons (Fsp3) is 1.00. The summed E-state index contributed by atoms with van der Waals surface area (Å²) in [6.07, 6.45) is 3.75. The number of unbranched alkanes of at least 4 members (excludes halogenated alkanes) is 2. The van der Waals surface area contributed by atoms with Crippen LogP contribution >= 0.6 is 0 Å². The first kappa shape index (κ1) is 11.8. The third kappa shape index (κ3) is 10.1. The van der Waals surface area contributed by atoms with E-state index < -0.39 is 0 Å². The SMILES string of the molecule is CCCCC[O][Al+2].[H-].[H-].[H-].[Li+]. The van der Waals surface area contributed by atoms with E-state index in [4.69, 9.17) is 3.79 Å². The Labute approximate surface area is 76.6 Å². The van der Waals surface area contributed by atoms with E-state index in [2.05, 4.69) is 23.5 Å². The summed E-state index contributed by atoms with van der Waals surface area (Å²) in [6, 6.07) is 0. The third-order valence-electron chi connectivity index (χ3n) is 0.866. The number of hydrogen-bond acceptors (Lipinski definition) is 1. The predicted octanol–water partition coefficient (Wildman–Crippen LogP) is -1.38. The van der Waals surface area contributed by atoms with Crippen LogP contribution in [0.15, 0.2) is 0 Å². The van der Waals surface area contributed by atoms with Gasteiger partial charge in [-0.15, -0.1) is 0 Å². The summed E-state index contributed by atoms with van der Waals surface area (Å²) in [6.45, 7) is 3.07. The summed E-state index contributed by atoms with van der Waals surface area (Å²) in [5.74, 6) is 0. The Balaban J connectivity index is -0.0000000300. The van der Waals surface area contributed by atoms with E-state index in [-0.39, 0.29) is 23.1 Å². The minimum absolute atomic E-state index is 0. The second-order valence-electron chi connectivity index (χ2n) is 1.58. The van der Waals surface area contributed by atoms with Crippen molar-refractivity contribution < 1.29 is 26.9 Å². The number of rotatable bonds is 4. The van der Waals surface area contributed by atoms with Crippen molar-refractivity contribution >= 4 is 16.6 Å². The first-order valence-corrected chi connectivity index (χ1v) is 3.20. The van der Waals surface area contributed by atoms with E-state index >= 15 is 0 Å². The predicted molar refractivity (Wildman–Crippen MR) is 34.6 cm³/mol. The van der Waals surface area contributed by atoms with Crippen LogP contribution in [0.5, 0.6) is 0 Å². The van der Waals surface area contributed by atoms with Gasteiger partial charge in [0.25, 0.3) is 0 Å². The zero-order chi connectivity index (χ0) is 5.54. The third-order valence-corrected chi connectivity index (χ3v) is 1.10. The van der Waals surface area contributed by atoms with E-state index in [0.29, 0.717) is 0 Å². The van der Waals surface area contributed by atoms with Crippen molar-refractivity contribution in [2.45, 2.75) is 26.2 Å². The molecule has 0 spiro atoms. The molecule has 0 aromatic carbocycles. The second kappa shape index (κ2) is 11.0. The molecule has 0 N–H and O–H groups in total. The summed E-state index contributed by atoms with van der Waals surface area (Å²) in [4.78, 5) is 0. The quantitative estimate of drug-likeness (QED) is 0.331. The summed E-state index contributed by atoms with van der Waals surface area (Å²) in [7, 11) is 0. The van der Waals surface area contributed by atoms with Gasteiger partial charge >= 0.3 is 72.1 Å². The number of hydrogen-bond donors (Lipinski definition) is 0. The minimum Gasteiger partial charge on any atom is -1.00 e. The molecule has 0 heterocycles. The molecule has 3 heteroatoms. The Morgan fingerprint density at radius 2 is 2.12 bits per heavy atom. The van der Waals surface area contributed by atoms with E-state index in [9.17, 15) is 0 Å². The van der Waals surface area contributed by atoms with Gasteiger partial charge in [0.1, 0.15) is 0 Å². The maximum Gasteiger partial charge on any atom is 1.00 e. The smallest absolute Gasteiger partial charge is 1.00 e. The molecule has 8 heavy (non-hydrogen) atoms. The van der Waals surface area contributed by atoms with Crippen LogP contribution in [0.4, 0.5) is 0 Å². The molecule has 0 atom stereocenters. The molecule has 0 fully saturated rings. The van der Waals surface area contributed by atoms with Crippen LogP contribution in [0.2, 0.25) is 0 Å². The van der Waals surface area contributed by atoms with Crippen molar-refractivity contribution in [3.8, 4) is 0 Å². The van der Waals surface area contributed by atoms with Crippen molar-refractivity contribution in [3.63, 3.8) is 0 Å². The topological polar surface area (TPSA) is 9.23 Å². The van der Waals surface area contributed by atoms with E-state index in [1.165, 1.54) is 19.3 Å². The summed E-state index contributed by atoms with van der Waals surface area (Å²) >= 11 is 2.25. The molecule has 0 aliphatic heterocycles. The first-order valence-electron chi connectivity index (χ1n) is 2.73. The second-order valence-corrected chi connectivity index (χ2v) is 1.91. The maximum atomic E-state index is 4.76. The maximum absolute atomic E-state index is 4.76. The van der Waals surface area contributed by atoms with Crippen molar-refractivity contribution in [1.29, 1.82) is 0 Å². The van der Waals surface area contributed by atoms with Crippen LogP contribution in [-0.2, 0) is 3.79 Å². The van der Waals surface area contributed by atoms with Crippen LogP contribution in [0.1, 0.15) is 30.5 Å². The van der Waals surface area contributed by atoms with Crippen LogP contribution < -0.4 is 18.9 Å². The van der Waals surface area contributed by atoms with Crippen LogP contribution in [-0.4, -0.2) is 23.2 Å². The van der Waals surface area contributed by atoms with Gasteiger partial charge in [0.2, 0.25) is 0 Å². The van der Waals surface area contributed by atoms with Gasteiger partial charge in [-0.3, -0.25) is 0 Å². The molecule has 0 radical (unpaired) electrons. The average Bonchev–Trinajstić information content (AvgIpc) is 1.69. The molecule has 0 unspecified atom stereocenters. The largest absolute Gasteiger partial charge is 1.00 e. The molecule has 0 aromatic rings. The van der Waals surface area contributed by atoms with E-state index in [0.717, 1.165) is 6.61 Å². The first-order chi connectivity index (χ1) is 3.41. The molecule has 0 aliphatic carbocycles. The monoisotopic (exact) mass is 124 g/mol. The van der Waals surface area contributed by atoms with Crippen molar-refractivity contribution in [2.24, 2.45) is 0 Å². The van der Waals surface area contributed by atoms with E-state index in [1.54, 1.807) is 0 Å². The van der Waals surface area contributed by atoms with Gasteiger partial charge in [-0.2, -0.15) is 0 Å². The molecule has 0 aliphatic rings. The van der Waals surface area contributed by atoms with Gasteiger partial charge in [0.15, 0.2) is 0 Å². The summed E-state index contributed by atoms with van der Waals surface area (Å²) in [5.41, 5.74) is 0. The van der Waals surface area contributed by atoms with Crippen molar-refractivity contribution in [1.82, 2.24) is 0 Å². The Bertz CT molecular complexity index is 40.9. The molecule has 1 nitrogen and oxygen atoms in total. The Morgan fingerprint density at radius 1 is 1.50 bits per heavy atom. The Morgan fingerprint density at radius 3 is 2.50 bits per heavy atom. The van der Waals surface area contributed by atoms with Crippen LogP contribution in [0.25, 0.3) is 0 Å². The molecular formula is C5H14AlLiO. The molecule has 0 aromatic heterocycles. The molecule has 0 saturated heterocycles. The van der Waals surface area contributed by atoms with Gasteiger partial charge in [-0.1, -0.05) is 0 Å². The fourth-order valence-corrected chi connectivity index (χ4v) is 0.602. The van der Waals surface area contributed by atoms with Gasteiger partial charge in [0.05, 0.1) is 0 Å². The average molecular weight is 124 g/mol. The van der Waals surface area contributed by atoms with Crippen molar-refractivity contribution in [2.75, 3.05) is 6.61 Å². The molecule has 44 valence electrons. The van der Waals surface area contributed by atoms with E-state index in [1.807, 2.05) is 0 Å². The Kier molecular flexibility index (Phi) is 16.2. The molecule has 0 saturated carbocycles. The van der Waals surface area contributed by atoms with Crippen LogP contribution in [0, 0.1) is 0 Å². The zero-order valence-corrected chi connectivity index (χ0v) is 6.97. The Hall–Kier alpha value is 1.09. The molecule has 0 amide bonds. The molecule has 0 rings (SSSR count). The van der Waals surface area contributed by atoms with Crippen molar-refractivity contribution in [3.05, 3.63) is 0 Å². The van der Waals surface area contributed by atoms with Gasteiger partial charge in [-0.25, -0.2) is 0 Å². The fourth-order valence-electron chi connectivity index (χ4n) is 0.435. The summed E-state index contributed by atoms with van der Waals surface area (Å²) in [5, 5.41) is 0. The van der Waals surface area contributed by atoms with Gasteiger partial charge in [0, 0.05) is 0 Å². The zero-order valence-electron chi connectivity index (χ0n) is 8.81. The summed E-state index contributed by atoms with van der Waals surface area (Å²) < 4.78 is 4.76. The standard InChI is InChI=1S/C5H11O.Al.Li.3H/c1-2-3-4-5-6;;;;;/h2-5H2,1H3;;;;;/q-1;+3;+1;3*-1. The van der Waals surface area contributed by atoms with Crippen LogP contribution in [0.3, 0.4) is 0 Å².